The van der Waals surface area contributed by atoms with E-state index in [9.17, 15) is 8.78 Å². The van der Waals surface area contributed by atoms with Gasteiger partial charge >= 0.3 is 0 Å². The number of anilines is 1. The summed E-state index contributed by atoms with van der Waals surface area (Å²) >= 11 is 0. The number of nitrogens with one attached hydrogen (secondary N) is 2. The Hall–Kier alpha value is -3.20. The minimum atomic E-state index is -3.06. The van der Waals surface area contributed by atoms with E-state index in [-0.39, 0.29) is 17.3 Å². The van der Waals surface area contributed by atoms with Gasteiger partial charge < -0.3 is 15.2 Å². The van der Waals surface area contributed by atoms with Gasteiger partial charge in [0.2, 0.25) is 5.95 Å². The van der Waals surface area contributed by atoms with E-state index in [0.717, 1.165) is 49.5 Å². The molecule has 166 valence electrons. The summed E-state index contributed by atoms with van der Waals surface area (Å²) in [4.78, 5) is 13.0. The van der Waals surface area contributed by atoms with Gasteiger partial charge in [0.15, 0.2) is 5.82 Å². The molecule has 5 rings (SSSR count). The van der Waals surface area contributed by atoms with Gasteiger partial charge in [-0.15, -0.1) is 0 Å². The Kier molecular flexibility index (Phi) is 5.21. The number of rotatable bonds is 5. The number of piperidine rings is 1. The van der Waals surface area contributed by atoms with E-state index in [2.05, 4.69) is 30.7 Å². The van der Waals surface area contributed by atoms with Crippen molar-refractivity contribution >= 4 is 11.5 Å². The van der Waals surface area contributed by atoms with Crippen molar-refractivity contribution in [2.75, 3.05) is 18.4 Å². The predicted molar refractivity (Wildman–Crippen MR) is 116 cm³/mol. The lowest BCUT2D eigenvalue weighted by molar-refractivity contribution is 0.0165. The van der Waals surface area contributed by atoms with Gasteiger partial charge in [-0.1, -0.05) is 17.3 Å². The largest absolute Gasteiger partial charge is 0.350 e. The smallest absolute Gasteiger partial charge is 0.274 e. The van der Waals surface area contributed by atoms with Crippen LogP contribution in [0.5, 0.6) is 0 Å². The predicted octanol–water partition coefficient (Wildman–Crippen LogP) is 4.10. The number of nitrogens with zero attached hydrogens (tertiary/aromatic N) is 4. The van der Waals surface area contributed by atoms with E-state index in [1.165, 1.54) is 6.20 Å². The number of allylic oxidation sites excluding steroid dienone is 1. The third-order valence-electron chi connectivity index (χ3n) is 5.84. The molecule has 7 nitrogen and oxygen atoms in total. The lowest BCUT2D eigenvalue weighted by atomic mass is 9.97. The minimum Gasteiger partial charge on any atom is -0.350 e. The Morgan fingerprint density at radius 3 is 2.84 bits per heavy atom. The lowest BCUT2D eigenvalue weighted by Crippen LogP contribution is -2.38. The van der Waals surface area contributed by atoms with E-state index < -0.39 is 5.92 Å². The molecular formula is C23H24F2N6O. The average molecular weight is 438 g/mol. The topological polar surface area (TPSA) is 88.8 Å². The van der Waals surface area contributed by atoms with Crippen LogP contribution >= 0.6 is 0 Å². The molecule has 2 aliphatic rings. The maximum absolute atomic E-state index is 14.5. The maximum Gasteiger partial charge on any atom is 0.274 e. The zero-order chi connectivity index (χ0) is 22.3. The molecule has 0 spiro atoms. The molecule has 1 aliphatic carbocycles. The third kappa shape index (κ3) is 4.00. The fraction of sp³-hybridized carbons (Fsp3) is 0.391. The molecule has 2 N–H and O–H groups in total. The van der Waals surface area contributed by atoms with Gasteiger partial charge in [0.25, 0.3) is 11.8 Å². The van der Waals surface area contributed by atoms with E-state index >= 15 is 0 Å². The molecule has 9 heteroatoms. The summed E-state index contributed by atoms with van der Waals surface area (Å²) in [6.07, 6.45) is 5.84. The summed E-state index contributed by atoms with van der Waals surface area (Å²) in [6.45, 7) is 4.43. The van der Waals surface area contributed by atoms with E-state index in [1.54, 1.807) is 6.92 Å². The van der Waals surface area contributed by atoms with Crippen molar-refractivity contribution in [1.82, 2.24) is 25.4 Å². The second-order valence-electron chi connectivity index (χ2n) is 8.37. The molecule has 0 amide bonds. The van der Waals surface area contributed by atoms with Crippen molar-refractivity contribution in [1.29, 1.82) is 0 Å². The highest BCUT2D eigenvalue weighted by Crippen LogP contribution is 2.39. The Morgan fingerprint density at radius 1 is 1.25 bits per heavy atom. The zero-order valence-corrected chi connectivity index (χ0v) is 18.0. The summed E-state index contributed by atoms with van der Waals surface area (Å²) in [7, 11) is 0. The van der Waals surface area contributed by atoms with E-state index in [0.29, 0.717) is 29.7 Å². The number of halogens is 2. The highest BCUT2D eigenvalue weighted by molar-refractivity contribution is 5.85. The standard InChI is InChI=1S/C23H24F2N6O/c1-13-28-21(32-31-13)15-6-7-17-14(10-15)5-8-18(17)20-19(23(2,24)25)12-27-22(30-20)29-16-4-3-9-26-11-16/h6-8,10,12,16,26H,3-5,9,11H2,1-2H3,(H,27,29,30)/t16-/m0/s1. The molecule has 2 aromatic heterocycles. The fourth-order valence-corrected chi connectivity index (χ4v) is 4.25. The average Bonchev–Trinajstić information content (AvgIpc) is 3.39. The van der Waals surface area contributed by atoms with Crippen LogP contribution in [0, 0.1) is 6.92 Å². The molecule has 3 heterocycles. The third-order valence-corrected chi connectivity index (χ3v) is 5.84. The summed E-state index contributed by atoms with van der Waals surface area (Å²) < 4.78 is 34.2. The SMILES string of the molecule is Cc1noc(-c2ccc3c(c2)CC=C3c2nc(N[C@H]3CCCNC3)ncc2C(C)(F)F)n1. The molecule has 1 atom stereocenters. The van der Waals surface area contributed by atoms with Crippen LogP contribution in [-0.2, 0) is 12.3 Å². The van der Waals surface area contributed by atoms with Gasteiger partial charge in [-0.25, -0.2) is 18.7 Å². The highest BCUT2D eigenvalue weighted by Gasteiger charge is 2.33. The first kappa shape index (κ1) is 20.7. The van der Waals surface area contributed by atoms with Crippen molar-refractivity contribution in [3.8, 4) is 11.5 Å². The van der Waals surface area contributed by atoms with Crippen LogP contribution in [0.25, 0.3) is 17.0 Å². The van der Waals surface area contributed by atoms with Crippen LogP contribution in [-0.4, -0.2) is 39.2 Å². The molecule has 0 unspecified atom stereocenters. The van der Waals surface area contributed by atoms with Gasteiger partial charge in [-0.2, -0.15) is 4.98 Å². The summed E-state index contributed by atoms with van der Waals surface area (Å²) in [5.41, 5.74) is 3.45. The van der Waals surface area contributed by atoms with Crippen LogP contribution < -0.4 is 10.6 Å². The van der Waals surface area contributed by atoms with Gasteiger partial charge in [0, 0.05) is 36.8 Å². The Morgan fingerprint density at radius 2 is 2.12 bits per heavy atom. The van der Waals surface area contributed by atoms with E-state index in [4.69, 9.17) is 4.52 Å². The highest BCUT2D eigenvalue weighted by atomic mass is 19.3. The quantitative estimate of drug-likeness (QED) is 0.620. The number of fused-ring (bicyclic) bond motifs is 1. The molecule has 32 heavy (non-hydrogen) atoms. The number of aryl methyl sites for hydroxylation is 1. The first-order valence-corrected chi connectivity index (χ1v) is 10.8. The molecule has 0 saturated carbocycles. The van der Waals surface area contributed by atoms with Crippen molar-refractivity contribution in [2.45, 2.75) is 45.1 Å². The minimum absolute atomic E-state index is 0.176. The number of aromatic nitrogens is 4. The first-order valence-electron chi connectivity index (χ1n) is 10.8. The van der Waals surface area contributed by atoms with Gasteiger partial charge in [0.1, 0.15) is 0 Å². The van der Waals surface area contributed by atoms with Crippen LogP contribution in [0.4, 0.5) is 14.7 Å². The second-order valence-corrected chi connectivity index (χ2v) is 8.37. The van der Waals surface area contributed by atoms with Crippen LogP contribution in [0.2, 0.25) is 0 Å². The molecule has 0 bridgehead atoms. The Balaban J connectivity index is 1.50. The molecule has 1 aromatic carbocycles. The van der Waals surface area contributed by atoms with Crippen molar-refractivity contribution < 1.29 is 13.3 Å². The van der Waals surface area contributed by atoms with Crippen LogP contribution in [0.15, 0.2) is 35.0 Å². The van der Waals surface area contributed by atoms with Crippen LogP contribution in [0.3, 0.4) is 0 Å². The normalized spacial score (nSPS) is 18.4. The van der Waals surface area contributed by atoms with Crippen LogP contribution in [0.1, 0.15) is 48.0 Å². The van der Waals surface area contributed by atoms with Crippen molar-refractivity contribution in [3.05, 3.63) is 58.7 Å². The second kappa shape index (κ2) is 8.05. The molecule has 1 aliphatic heterocycles. The fourth-order valence-electron chi connectivity index (χ4n) is 4.25. The monoisotopic (exact) mass is 438 g/mol. The molecular weight excluding hydrogens is 414 g/mol. The summed E-state index contributed by atoms with van der Waals surface area (Å²) in [5.74, 6) is -1.70. The first-order chi connectivity index (χ1) is 15.4. The number of benzene rings is 1. The molecule has 3 aromatic rings. The summed E-state index contributed by atoms with van der Waals surface area (Å²) in [6, 6.07) is 5.91. The number of hydrogen-bond acceptors (Lipinski definition) is 7. The maximum atomic E-state index is 14.5. The Labute approximate surface area is 184 Å². The molecule has 1 fully saturated rings. The van der Waals surface area contributed by atoms with Gasteiger partial charge in [-0.05, 0) is 56.0 Å². The lowest BCUT2D eigenvalue weighted by Gasteiger charge is -2.24. The van der Waals surface area contributed by atoms with Crippen molar-refractivity contribution in [3.63, 3.8) is 0 Å². The molecule has 0 radical (unpaired) electrons. The summed E-state index contributed by atoms with van der Waals surface area (Å²) in [5, 5.41) is 10.5. The van der Waals surface area contributed by atoms with Gasteiger partial charge in [-0.3, -0.25) is 0 Å². The molecule has 1 saturated heterocycles. The van der Waals surface area contributed by atoms with Crippen molar-refractivity contribution in [2.24, 2.45) is 0 Å². The van der Waals surface area contributed by atoms with Gasteiger partial charge in [0.05, 0.1) is 11.3 Å². The van der Waals surface area contributed by atoms with E-state index in [1.807, 2.05) is 24.3 Å². The number of alkyl halides is 2. The Bertz CT molecular complexity index is 1180. The zero-order valence-electron chi connectivity index (χ0n) is 18.0. The number of hydrogen-bond donors (Lipinski definition) is 2.